The van der Waals surface area contributed by atoms with Crippen LogP contribution in [0.25, 0.3) is 0 Å². The lowest BCUT2D eigenvalue weighted by molar-refractivity contribution is 0.0812. The fourth-order valence-corrected chi connectivity index (χ4v) is 3.47. The number of hydrogen-bond donors (Lipinski definition) is 1. The van der Waals surface area contributed by atoms with Crippen LogP contribution in [0.1, 0.15) is 26.7 Å². The quantitative estimate of drug-likeness (QED) is 0.629. The Bertz CT molecular complexity index is 445. The number of anilines is 1. The Labute approximate surface area is 133 Å². The van der Waals surface area contributed by atoms with E-state index in [0.29, 0.717) is 11.1 Å². The van der Waals surface area contributed by atoms with E-state index in [1.807, 2.05) is 12.3 Å². The predicted octanol–water partition coefficient (Wildman–Crippen LogP) is 3.57. The molecule has 0 radical (unpaired) electrons. The second kappa shape index (κ2) is 6.14. The molecule has 1 aromatic rings. The first kappa shape index (κ1) is 15.3. The molecule has 19 heavy (non-hydrogen) atoms. The molecule has 0 amide bonds. The third-order valence-corrected chi connectivity index (χ3v) is 5.19. The van der Waals surface area contributed by atoms with Gasteiger partial charge in [-0.3, -0.25) is 0 Å². The highest BCUT2D eigenvalue weighted by molar-refractivity contribution is 14.1. The minimum atomic E-state index is 0.0229. The maximum absolute atomic E-state index is 9.47. The number of piperidine rings is 1. The molecule has 106 valence electrons. The van der Waals surface area contributed by atoms with Crippen LogP contribution in [-0.4, -0.2) is 29.8 Å². The van der Waals surface area contributed by atoms with Gasteiger partial charge in [0.2, 0.25) is 0 Å². The topological polar surface area (TPSA) is 36.4 Å². The van der Waals surface area contributed by atoms with E-state index >= 15 is 0 Å². The maximum atomic E-state index is 9.47. The van der Waals surface area contributed by atoms with E-state index in [4.69, 9.17) is 11.6 Å². The normalized spacial score (nSPS) is 17.8. The predicted molar refractivity (Wildman–Crippen MR) is 87.8 cm³/mol. The first-order valence-corrected chi connectivity index (χ1v) is 8.06. The molecular weight excluding hydrogens is 375 g/mol. The highest BCUT2D eigenvalue weighted by Gasteiger charge is 2.32. The highest BCUT2D eigenvalue weighted by atomic mass is 127. The van der Waals surface area contributed by atoms with Gasteiger partial charge in [0.25, 0.3) is 0 Å². The maximum Gasteiger partial charge on any atom is 0.131 e. The zero-order valence-corrected chi connectivity index (χ0v) is 14.3. The number of aromatic nitrogens is 1. The standard InChI is InChI=1S/C14H20ClIN2O/c1-14(2,9-19)10-3-5-18(6-4-10)12-7-13(15)17-8-11(12)16/h7-8,10,19H,3-6,9H2,1-2H3. The summed E-state index contributed by atoms with van der Waals surface area (Å²) < 4.78 is 1.14. The van der Waals surface area contributed by atoms with E-state index < -0.39 is 0 Å². The van der Waals surface area contributed by atoms with Gasteiger partial charge in [0.15, 0.2) is 0 Å². The van der Waals surface area contributed by atoms with E-state index in [1.165, 1.54) is 5.69 Å². The summed E-state index contributed by atoms with van der Waals surface area (Å²) in [5.41, 5.74) is 1.20. The molecule has 1 N–H and O–H groups in total. The Morgan fingerprint density at radius 2 is 2.11 bits per heavy atom. The molecule has 0 bridgehead atoms. The monoisotopic (exact) mass is 394 g/mol. The van der Waals surface area contributed by atoms with Crippen molar-refractivity contribution in [2.45, 2.75) is 26.7 Å². The van der Waals surface area contributed by atoms with Crippen LogP contribution >= 0.6 is 34.2 Å². The van der Waals surface area contributed by atoms with E-state index in [2.05, 4.69) is 46.3 Å². The summed E-state index contributed by atoms with van der Waals surface area (Å²) in [5, 5.41) is 10.0. The van der Waals surface area contributed by atoms with Gasteiger partial charge in [-0.25, -0.2) is 4.98 Å². The number of pyridine rings is 1. The second-order valence-corrected chi connectivity index (χ2v) is 7.42. The van der Waals surface area contributed by atoms with Gasteiger partial charge in [-0.2, -0.15) is 0 Å². The molecule has 5 heteroatoms. The third-order valence-electron chi connectivity index (χ3n) is 4.15. The van der Waals surface area contributed by atoms with Crippen LogP contribution in [0.3, 0.4) is 0 Å². The number of aliphatic hydroxyl groups excluding tert-OH is 1. The summed E-state index contributed by atoms with van der Waals surface area (Å²) in [6.45, 7) is 6.60. The van der Waals surface area contributed by atoms with Gasteiger partial charge >= 0.3 is 0 Å². The van der Waals surface area contributed by atoms with Crippen LogP contribution < -0.4 is 4.90 Å². The fourth-order valence-electron chi connectivity index (χ4n) is 2.68. The molecule has 3 nitrogen and oxygen atoms in total. The van der Waals surface area contributed by atoms with Gasteiger partial charge in [0.1, 0.15) is 5.15 Å². The molecule has 0 spiro atoms. The van der Waals surface area contributed by atoms with Gasteiger partial charge in [0, 0.05) is 25.9 Å². The lowest BCUT2D eigenvalue weighted by Gasteiger charge is -2.40. The average Bonchev–Trinajstić information content (AvgIpc) is 2.42. The fraction of sp³-hybridized carbons (Fsp3) is 0.643. The Morgan fingerprint density at radius 3 is 2.68 bits per heavy atom. The van der Waals surface area contributed by atoms with Crippen LogP contribution in [0.15, 0.2) is 12.3 Å². The Hall–Kier alpha value is -0.0700. The molecule has 1 fully saturated rings. The van der Waals surface area contributed by atoms with Crippen molar-refractivity contribution in [1.82, 2.24) is 4.98 Å². The molecule has 0 atom stereocenters. The molecule has 0 aromatic carbocycles. The minimum absolute atomic E-state index is 0.0229. The van der Waals surface area contributed by atoms with Gasteiger partial charge in [-0.1, -0.05) is 25.4 Å². The van der Waals surface area contributed by atoms with E-state index in [1.54, 1.807) is 0 Å². The average molecular weight is 395 g/mol. The minimum Gasteiger partial charge on any atom is -0.396 e. The summed E-state index contributed by atoms with van der Waals surface area (Å²) in [6, 6.07) is 1.95. The van der Waals surface area contributed by atoms with Crippen molar-refractivity contribution in [3.8, 4) is 0 Å². The molecule has 1 aliphatic heterocycles. The Balaban J connectivity index is 2.06. The molecule has 0 unspecified atom stereocenters. The molecule has 1 aromatic heterocycles. The first-order valence-electron chi connectivity index (χ1n) is 6.61. The Kier molecular flexibility index (Phi) is 4.95. The summed E-state index contributed by atoms with van der Waals surface area (Å²) in [4.78, 5) is 6.47. The van der Waals surface area contributed by atoms with Crippen LogP contribution in [0.5, 0.6) is 0 Å². The van der Waals surface area contributed by atoms with E-state index in [9.17, 15) is 5.11 Å². The largest absolute Gasteiger partial charge is 0.396 e. The lowest BCUT2D eigenvalue weighted by atomic mass is 9.74. The molecule has 2 heterocycles. The van der Waals surface area contributed by atoms with Crippen molar-refractivity contribution < 1.29 is 5.11 Å². The molecule has 2 rings (SSSR count). The van der Waals surface area contributed by atoms with Crippen LogP contribution in [0.4, 0.5) is 5.69 Å². The van der Waals surface area contributed by atoms with Crippen LogP contribution in [0, 0.1) is 14.9 Å². The molecular formula is C14H20ClIN2O. The zero-order valence-electron chi connectivity index (χ0n) is 11.4. The van der Waals surface area contributed by atoms with Gasteiger partial charge < -0.3 is 10.0 Å². The zero-order chi connectivity index (χ0) is 14.0. The Morgan fingerprint density at radius 1 is 1.47 bits per heavy atom. The van der Waals surface area contributed by atoms with Gasteiger partial charge in [0.05, 0.1) is 9.26 Å². The number of halogens is 2. The number of rotatable bonds is 3. The number of hydrogen-bond acceptors (Lipinski definition) is 3. The number of aliphatic hydroxyl groups is 1. The van der Waals surface area contributed by atoms with Crippen molar-refractivity contribution in [1.29, 1.82) is 0 Å². The summed E-state index contributed by atoms with van der Waals surface area (Å²) >= 11 is 8.29. The summed E-state index contributed by atoms with van der Waals surface area (Å²) in [7, 11) is 0. The smallest absolute Gasteiger partial charge is 0.131 e. The molecule has 0 aliphatic carbocycles. The van der Waals surface area contributed by atoms with Crippen molar-refractivity contribution in [2.75, 3.05) is 24.6 Å². The SMILES string of the molecule is CC(C)(CO)C1CCN(c2cc(Cl)ncc2I)CC1. The van der Waals surface area contributed by atoms with E-state index in [-0.39, 0.29) is 12.0 Å². The second-order valence-electron chi connectivity index (χ2n) is 5.87. The number of nitrogens with zero attached hydrogens (tertiary/aromatic N) is 2. The van der Waals surface area contributed by atoms with Crippen molar-refractivity contribution in [3.63, 3.8) is 0 Å². The summed E-state index contributed by atoms with van der Waals surface area (Å²) in [6.07, 6.45) is 4.05. The van der Waals surface area contributed by atoms with Crippen LogP contribution in [-0.2, 0) is 0 Å². The van der Waals surface area contributed by atoms with Crippen LogP contribution in [0.2, 0.25) is 5.15 Å². The molecule has 0 saturated carbocycles. The molecule has 1 aliphatic rings. The van der Waals surface area contributed by atoms with E-state index in [0.717, 1.165) is 29.5 Å². The summed E-state index contributed by atoms with van der Waals surface area (Å²) in [5.74, 6) is 0.587. The van der Waals surface area contributed by atoms with Crippen molar-refractivity contribution >= 4 is 39.9 Å². The first-order chi connectivity index (χ1) is 8.94. The molecule has 1 saturated heterocycles. The highest BCUT2D eigenvalue weighted by Crippen LogP contribution is 2.36. The van der Waals surface area contributed by atoms with Gasteiger partial charge in [-0.15, -0.1) is 0 Å². The van der Waals surface area contributed by atoms with Gasteiger partial charge in [-0.05, 0) is 52.8 Å². The lowest BCUT2D eigenvalue weighted by Crippen LogP contribution is -2.40. The van der Waals surface area contributed by atoms with Crippen molar-refractivity contribution in [2.24, 2.45) is 11.3 Å². The third kappa shape index (κ3) is 3.52. The van der Waals surface area contributed by atoms with Crippen molar-refractivity contribution in [3.05, 3.63) is 21.0 Å².